The molecule has 4 heteroatoms. The van der Waals surface area contributed by atoms with E-state index in [1.165, 1.54) is 0 Å². The summed E-state index contributed by atoms with van der Waals surface area (Å²) in [6, 6.07) is 11.3. The van der Waals surface area contributed by atoms with Gasteiger partial charge < -0.3 is 10.4 Å². The highest BCUT2D eigenvalue weighted by atomic mass is 16.3. The molecule has 0 aliphatic rings. The second kappa shape index (κ2) is 6.48. The summed E-state index contributed by atoms with van der Waals surface area (Å²) >= 11 is 0. The highest BCUT2D eigenvalue weighted by molar-refractivity contribution is 5.94. The number of aromatic nitrogens is 1. The first kappa shape index (κ1) is 14.5. The summed E-state index contributed by atoms with van der Waals surface area (Å²) in [6.45, 7) is 4.36. The molecular formula is C16H20N2O2. The molecule has 2 rings (SSSR count). The van der Waals surface area contributed by atoms with Crippen LogP contribution in [0, 0.1) is 5.92 Å². The van der Waals surface area contributed by atoms with Gasteiger partial charge in [-0.2, -0.15) is 0 Å². The number of nitrogens with one attached hydrogen (secondary N) is 1. The summed E-state index contributed by atoms with van der Waals surface area (Å²) in [6.07, 6.45) is 0.164. The minimum atomic E-state index is -0.389. The lowest BCUT2D eigenvalue weighted by Crippen LogP contribution is -2.29. The standard InChI is InChI=1S/C16H20N2O2/c1-11(2)15(19)9-10-17-16(20)14-8-7-12-5-3-4-6-13(12)18-14/h3-8,11,15,19H,9-10H2,1-2H3,(H,17,20). The number of para-hydroxylation sites is 1. The topological polar surface area (TPSA) is 62.2 Å². The number of rotatable bonds is 5. The fourth-order valence-electron chi connectivity index (χ4n) is 1.95. The van der Waals surface area contributed by atoms with Crippen molar-refractivity contribution < 1.29 is 9.90 Å². The molecule has 2 aromatic rings. The number of carbonyl (C=O) groups is 1. The molecule has 20 heavy (non-hydrogen) atoms. The summed E-state index contributed by atoms with van der Waals surface area (Å²) in [5.41, 5.74) is 1.21. The third-order valence-corrected chi connectivity index (χ3v) is 3.33. The lowest BCUT2D eigenvalue weighted by Gasteiger charge is -2.14. The van der Waals surface area contributed by atoms with Crippen LogP contribution in [0.5, 0.6) is 0 Å². The number of hydrogen-bond acceptors (Lipinski definition) is 3. The van der Waals surface area contributed by atoms with Crippen LogP contribution in [0.1, 0.15) is 30.8 Å². The van der Waals surface area contributed by atoms with Gasteiger partial charge in [-0.15, -0.1) is 0 Å². The summed E-state index contributed by atoms with van der Waals surface area (Å²) < 4.78 is 0. The Balaban J connectivity index is 1.97. The molecule has 4 nitrogen and oxygen atoms in total. The lowest BCUT2D eigenvalue weighted by molar-refractivity contribution is 0.0916. The van der Waals surface area contributed by atoms with Gasteiger partial charge in [0, 0.05) is 11.9 Å². The molecule has 1 atom stereocenters. The Bertz CT molecular complexity index is 596. The van der Waals surface area contributed by atoms with Crippen LogP contribution in [-0.2, 0) is 0 Å². The van der Waals surface area contributed by atoms with Crippen molar-refractivity contribution in [3.05, 3.63) is 42.1 Å². The SMILES string of the molecule is CC(C)C(O)CCNC(=O)c1ccc2ccccc2n1. The van der Waals surface area contributed by atoms with Crippen LogP contribution in [0.2, 0.25) is 0 Å². The van der Waals surface area contributed by atoms with Crippen LogP contribution in [-0.4, -0.2) is 28.6 Å². The second-order valence-corrected chi connectivity index (χ2v) is 5.25. The van der Waals surface area contributed by atoms with E-state index in [0.29, 0.717) is 18.7 Å². The number of aliphatic hydroxyl groups excluding tert-OH is 1. The monoisotopic (exact) mass is 272 g/mol. The quantitative estimate of drug-likeness (QED) is 0.878. The molecule has 2 N–H and O–H groups in total. The number of nitrogens with zero attached hydrogens (tertiary/aromatic N) is 1. The maximum Gasteiger partial charge on any atom is 0.269 e. The first-order valence-electron chi connectivity index (χ1n) is 6.90. The highest BCUT2D eigenvalue weighted by Crippen LogP contribution is 2.11. The van der Waals surface area contributed by atoms with E-state index in [2.05, 4.69) is 10.3 Å². The highest BCUT2D eigenvalue weighted by Gasteiger charge is 2.11. The van der Waals surface area contributed by atoms with Crippen LogP contribution >= 0.6 is 0 Å². The number of carbonyl (C=O) groups excluding carboxylic acids is 1. The first-order chi connectivity index (χ1) is 9.58. The van der Waals surface area contributed by atoms with Crippen molar-refractivity contribution in [2.45, 2.75) is 26.4 Å². The van der Waals surface area contributed by atoms with Crippen molar-refractivity contribution in [3.8, 4) is 0 Å². The molecule has 1 amide bonds. The predicted octanol–water partition coefficient (Wildman–Crippen LogP) is 2.37. The molecule has 0 bridgehead atoms. The molecule has 0 saturated heterocycles. The van der Waals surface area contributed by atoms with Gasteiger partial charge >= 0.3 is 0 Å². The van der Waals surface area contributed by atoms with Gasteiger partial charge in [-0.1, -0.05) is 38.1 Å². The van der Waals surface area contributed by atoms with Crippen molar-refractivity contribution in [1.29, 1.82) is 0 Å². The van der Waals surface area contributed by atoms with Crippen molar-refractivity contribution in [2.24, 2.45) is 5.92 Å². The number of benzene rings is 1. The van der Waals surface area contributed by atoms with E-state index in [1.54, 1.807) is 6.07 Å². The maximum atomic E-state index is 12.0. The summed E-state index contributed by atoms with van der Waals surface area (Å²) in [5, 5.41) is 13.5. The van der Waals surface area contributed by atoms with Crippen molar-refractivity contribution >= 4 is 16.8 Å². The van der Waals surface area contributed by atoms with Gasteiger partial charge in [0.15, 0.2) is 0 Å². The number of pyridine rings is 1. The molecule has 1 unspecified atom stereocenters. The van der Waals surface area contributed by atoms with Gasteiger partial charge in [-0.25, -0.2) is 4.98 Å². The Hall–Kier alpha value is -1.94. The van der Waals surface area contributed by atoms with Gasteiger partial charge in [-0.05, 0) is 24.5 Å². The van der Waals surface area contributed by atoms with Crippen molar-refractivity contribution in [3.63, 3.8) is 0 Å². The Kier molecular flexibility index (Phi) is 4.69. The number of aliphatic hydroxyl groups is 1. The van der Waals surface area contributed by atoms with Crippen LogP contribution in [0.3, 0.4) is 0 Å². The van der Waals surface area contributed by atoms with Crippen molar-refractivity contribution in [1.82, 2.24) is 10.3 Å². The van der Waals surface area contributed by atoms with E-state index in [0.717, 1.165) is 10.9 Å². The Labute approximate surface area is 118 Å². The molecule has 106 valence electrons. The van der Waals surface area contributed by atoms with E-state index in [4.69, 9.17) is 0 Å². The molecule has 1 aromatic carbocycles. The minimum Gasteiger partial charge on any atom is -0.393 e. The Morgan fingerprint density at radius 2 is 2.00 bits per heavy atom. The average molecular weight is 272 g/mol. The van der Waals surface area contributed by atoms with E-state index in [-0.39, 0.29) is 17.9 Å². The Morgan fingerprint density at radius 3 is 2.75 bits per heavy atom. The van der Waals surface area contributed by atoms with Crippen LogP contribution in [0.25, 0.3) is 10.9 Å². The van der Waals surface area contributed by atoms with Gasteiger partial charge in [0.05, 0.1) is 11.6 Å². The lowest BCUT2D eigenvalue weighted by atomic mass is 10.0. The van der Waals surface area contributed by atoms with Gasteiger partial charge in [0.25, 0.3) is 5.91 Å². The van der Waals surface area contributed by atoms with E-state index in [9.17, 15) is 9.90 Å². The molecule has 0 saturated carbocycles. The molecule has 1 aromatic heterocycles. The summed E-state index contributed by atoms with van der Waals surface area (Å²) in [5.74, 6) is -0.00240. The van der Waals surface area contributed by atoms with E-state index < -0.39 is 0 Å². The van der Waals surface area contributed by atoms with Crippen LogP contribution in [0.15, 0.2) is 36.4 Å². The zero-order chi connectivity index (χ0) is 14.5. The molecule has 0 spiro atoms. The first-order valence-corrected chi connectivity index (χ1v) is 6.90. The molecule has 0 aliphatic heterocycles. The summed E-state index contributed by atoms with van der Waals surface area (Å²) in [4.78, 5) is 16.3. The fraction of sp³-hybridized carbons (Fsp3) is 0.375. The predicted molar refractivity (Wildman–Crippen MR) is 79.5 cm³/mol. The number of amides is 1. The normalized spacial score (nSPS) is 12.6. The van der Waals surface area contributed by atoms with Gasteiger partial charge in [-0.3, -0.25) is 4.79 Å². The molecule has 0 fully saturated rings. The van der Waals surface area contributed by atoms with Crippen LogP contribution < -0.4 is 5.32 Å². The van der Waals surface area contributed by atoms with E-state index >= 15 is 0 Å². The van der Waals surface area contributed by atoms with Crippen LogP contribution in [0.4, 0.5) is 0 Å². The average Bonchev–Trinajstić information content (AvgIpc) is 2.46. The zero-order valence-electron chi connectivity index (χ0n) is 11.8. The number of fused-ring (bicyclic) bond motifs is 1. The summed E-state index contributed by atoms with van der Waals surface area (Å²) in [7, 11) is 0. The smallest absolute Gasteiger partial charge is 0.269 e. The van der Waals surface area contributed by atoms with E-state index in [1.807, 2.05) is 44.2 Å². The number of hydrogen-bond donors (Lipinski definition) is 2. The minimum absolute atomic E-state index is 0.200. The largest absolute Gasteiger partial charge is 0.393 e. The van der Waals surface area contributed by atoms with Gasteiger partial charge in [0.2, 0.25) is 0 Å². The molecule has 1 heterocycles. The van der Waals surface area contributed by atoms with Crippen molar-refractivity contribution in [2.75, 3.05) is 6.54 Å². The Morgan fingerprint density at radius 1 is 1.25 bits per heavy atom. The maximum absolute atomic E-state index is 12.0. The zero-order valence-corrected chi connectivity index (χ0v) is 11.8. The third-order valence-electron chi connectivity index (χ3n) is 3.33. The molecular weight excluding hydrogens is 252 g/mol. The second-order valence-electron chi connectivity index (χ2n) is 5.25. The van der Waals surface area contributed by atoms with Gasteiger partial charge in [0.1, 0.15) is 5.69 Å². The molecule has 0 aliphatic carbocycles. The fourth-order valence-corrected chi connectivity index (χ4v) is 1.95. The molecule has 0 radical (unpaired) electrons. The third kappa shape index (κ3) is 3.54.